The lowest BCUT2D eigenvalue weighted by Gasteiger charge is -1.93. The topological polar surface area (TPSA) is 26.3 Å². The van der Waals surface area contributed by atoms with E-state index in [1.54, 1.807) is 10.8 Å². The van der Waals surface area contributed by atoms with Crippen LogP contribution in [0, 0.1) is 0 Å². The predicted octanol–water partition coefficient (Wildman–Crippen LogP) is 2.19. The highest BCUT2D eigenvalue weighted by Gasteiger charge is 2.09. The maximum absolute atomic E-state index is 10.8. The van der Waals surface area contributed by atoms with E-state index in [9.17, 15) is 4.79 Å². The monoisotopic (exact) mass is 176 g/mol. The summed E-state index contributed by atoms with van der Waals surface area (Å²) in [7, 11) is 1.33. The minimum atomic E-state index is -0.383. The first-order valence-corrected chi connectivity index (χ1v) is 3.88. The van der Waals surface area contributed by atoms with Crippen molar-refractivity contribution in [1.82, 2.24) is 0 Å². The van der Waals surface area contributed by atoms with Gasteiger partial charge < -0.3 is 4.74 Å². The molecule has 0 saturated heterocycles. The van der Waals surface area contributed by atoms with Gasteiger partial charge in [0.25, 0.3) is 0 Å². The molecule has 0 N–H and O–H groups in total. The van der Waals surface area contributed by atoms with Crippen molar-refractivity contribution in [2.24, 2.45) is 0 Å². The lowest BCUT2D eigenvalue weighted by molar-refractivity contribution is 0.0601. The van der Waals surface area contributed by atoms with Crippen molar-refractivity contribution in [2.45, 2.75) is 0 Å². The molecule has 0 aromatic carbocycles. The van der Waals surface area contributed by atoms with Gasteiger partial charge in [-0.3, -0.25) is 0 Å². The zero-order valence-electron chi connectivity index (χ0n) is 5.26. The Morgan fingerprint density at radius 3 is 2.80 bits per heavy atom. The maximum Gasteiger partial charge on any atom is 0.340 e. The molecule has 1 aromatic heterocycles. The Hall–Kier alpha value is -0.540. The first-order valence-electron chi connectivity index (χ1n) is 2.55. The van der Waals surface area contributed by atoms with Gasteiger partial charge >= 0.3 is 5.97 Å². The number of thiophene rings is 1. The standard InChI is InChI=1S/C6H5ClO2S/c1-9-6(8)4-2-10-3-5(4)7/h2-3H,1H3. The summed E-state index contributed by atoms with van der Waals surface area (Å²) in [6.45, 7) is 0. The van der Waals surface area contributed by atoms with Gasteiger partial charge in [0.15, 0.2) is 0 Å². The normalized spacial score (nSPS) is 9.40. The number of esters is 1. The van der Waals surface area contributed by atoms with Crippen molar-refractivity contribution in [2.75, 3.05) is 7.11 Å². The van der Waals surface area contributed by atoms with Crippen LogP contribution in [-0.2, 0) is 4.74 Å². The lowest BCUT2D eigenvalue weighted by Crippen LogP contribution is -1.98. The molecule has 0 amide bonds. The molecule has 10 heavy (non-hydrogen) atoms. The van der Waals surface area contributed by atoms with Crippen molar-refractivity contribution in [1.29, 1.82) is 0 Å². The smallest absolute Gasteiger partial charge is 0.340 e. The fourth-order valence-corrected chi connectivity index (χ4v) is 1.56. The molecule has 0 radical (unpaired) electrons. The molecular weight excluding hydrogens is 172 g/mol. The van der Waals surface area contributed by atoms with Crippen molar-refractivity contribution >= 4 is 28.9 Å². The van der Waals surface area contributed by atoms with Crippen LogP contribution in [0.25, 0.3) is 0 Å². The summed E-state index contributed by atoms with van der Waals surface area (Å²) in [4.78, 5) is 10.8. The summed E-state index contributed by atoms with van der Waals surface area (Å²) >= 11 is 7.00. The Morgan fingerprint density at radius 2 is 2.40 bits per heavy atom. The summed E-state index contributed by atoms with van der Waals surface area (Å²) in [6, 6.07) is 0. The van der Waals surface area contributed by atoms with E-state index in [0.29, 0.717) is 10.6 Å². The molecule has 1 rings (SSSR count). The first-order chi connectivity index (χ1) is 4.75. The van der Waals surface area contributed by atoms with Crippen LogP contribution in [0.4, 0.5) is 0 Å². The summed E-state index contributed by atoms with van der Waals surface area (Å²) in [5, 5.41) is 3.80. The number of ether oxygens (including phenoxy) is 1. The van der Waals surface area contributed by atoms with Crippen LogP contribution in [0.3, 0.4) is 0 Å². The summed E-state index contributed by atoms with van der Waals surface area (Å²) in [6.07, 6.45) is 0. The molecule has 0 bridgehead atoms. The van der Waals surface area contributed by atoms with E-state index in [1.165, 1.54) is 18.4 Å². The van der Waals surface area contributed by atoms with Crippen LogP contribution in [0.2, 0.25) is 5.02 Å². The van der Waals surface area contributed by atoms with Crippen LogP contribution in [0.15, 0.2) is 10.8 Å². The van der Waals surface area contributed by atoms with E-state index in [0.717, 1.165) is 0 Å². The number of halogens is 1. The highest BCUT2D eigenvalue weighted by atomic mass is 35.5. The van der Waals surface area contributed by atoms with Crippen molar-refractivity contribution in [3.8, 4) is 0 Å². The van der Waals surface area contributed by atoms with E-state index in [1.807, 2.05) is 0 Å². The third-order valence-corrected chi connectivity index (χ3v) is 2.21. The summed E-state index contributed by atoms with van der Waals surface area (Å²) in [5.74, 6) is -0.383. The fraction of sp³-hybridized carbons (Fsp3) is 0.167. The number of carbonyl (C=O) groups is 1. The molecule has 0 aliphatic carbocycles. The number of methoxy groups -OCH3 is 1. The van der Waals surface area contributed by atoms with Gasteiger partial charge in [-0.05, 0) is 0 Å². The Labute approximate surface area is 67.4 Å². The Kier molecular flexibility index (Phi) is 2.29. The minimum absolute atomic E-state index is 0.383. The Balaban J connectivity index is 2.93. The van der Waals surface area contributed by atoms with E-state index < -0.39 is 0 Å². The molecule has 1 heterocycles. The molecule has 4 heteroatoms. The second-order valence-corrected chi connectivity index (χ2v) is 2.78. The van der Waals surface area contributed by atoms with Crippen molar-refractivity contribution < 1.29 is 9.53 Å². The molecule has 0 spiro atoms. The molecule has 0 aliphatic heterocycles. The van der Waals surface area contributed by atoms with Gasteiger partial charge in [0.1, 0.15) is 0 Å². The second-order valence-electron chi connectivity index (χ2n) is 1.62. The molecule has 0 unspecified atom stereocenters. The van der Waals surface area contributed by atoms with Gasteiger partial charge in [-0.15, -0.1) is 11.3 Å². The van der Waals surface area contributed by atoms with Crippen LogP contribution < -0.4 is 0 Å². The van der Waals surface area contributed by atoms with Crippen LogP contribution in [0.1, 0.15) is 10.4 Å². The van der Waals surface area contributed by atoms with Crippen molar-refractivity contribution in [3.05, 3.63) is 21.3 Å². The SMILES string of the molecule is COC(=O)c1cscc1Cl. The fourth-order valence-electron chi connectivity index (χ4n) is 0.537. The molecule has 0 aliphatic rings. The maximum atomic E-state index is 10.8. The molecule has 0 atom stereocenters. The number of rotatable bonds is 1. The minimum Gasteiger partial charge on any atom is -0.465 e. The zero-order valence-corrected chi connectivity index (χ0v) is 6.83. The number of hydrogen-bond acceptors (Lipinski definition) is 3. The van der Waals surface area contributed by atoms with Gasteiger partial charge in [-0.2, -0.15) is 0 Å². The largest absolute Gasteiger partial charge is 0.465 e. The molecule has 0 saturated carbocycles. The molecule has 0 fully saturated rings. The molecular formula is C6H5ClO2S. The quantitative estimate of drug-likeness (QED) is 0.614. The third-order valence-electron chi connectivity index (χ3n) is 1.02. The van der Waals surface area contributed by atoms with Gasteiger partial charge in [0, 0.05) is 10.8 Å². The van der Waals surface area contributed by atoms with Gasteiger partial charge in [0.05, 0.1) is 17.7 Å². The highest BCUT2D eigenvalue weighted by Crippen LogP contribution is 2.20. The average molecular weight is 177 g/mol. The molecule has 2 nitrogen and oxygen atoms in total. The predicted molar refractivity (Wildman–Crippen MR) is 40.7 cm³/mol. The molecule has 1 aromatic rings. The van der Waals surface area contributed by atoms with E-state index in [2.05, 4.69) is 4.74 Å². The van der Waals surface area contributed by atoms with Gasteiger partial charge in [-0.25, -0.2) is 4.79 Å². The number of hydrogen-bond donors (Lipinski definition) is 0. The van der Waals surface area contributed by atoms with Crippen molar-refractivity contribution in [3.63, 3.8) is 0 Å². The van der Waals surface area contributed by atoms with Crippen LogP contribution in [0.5, 0.6) is 0 Å². The van der Waals surface area contributed by atoms with Crippen LogP contribution >= 0.6 is 22.9 Å². The Morgan fingerprint density at radius 1 is 1.70 bits per heavy atom. The average Bonchev–Trinajstić information content (AvgIpc) is 2.34. The number of carbonyl (C=O) groups excluding carboxylic acids is 1. The summed E-state index contributed by atoms with van der Waals surface area (Å²) in [5.41, 5.74) is 0.439. The summed E-state index contributed by atoms with van der Waals surface area (Å²) < 4.78 is 4.46. The lowest BCUT2D eigenvalue weighted by atomic mass is 10.3. The Bertz CT molecular complexity index is 244. The molecule has 54 valence electrons. The van der Waals surface area contributed by atoms with E-state index in [-0.39, 0.29) is 5.97 Å². The highest BCUT2D eigenvalue weighted by molar-refractivity contribution is 7.08. The van der Waals surface area contributed by atoms with E-state index in [4.69, 9.17) is 11.6 Å². The van der Waals surface area contributed by atoms with Gasteiger partial charge in [-0.1, -0.05) is 11.6 Å². The van der Waals surface area contributed by atoms with Crippen LogP contribution in [-0.4, -0.2) is 13.1 Å². The zero-order chi connectivity index (χ0) is 7.56. The second kappa shape index (κ2) is 3.03. The van der Waals surface area contributed by atoms with E-state index >= 15 is 0 Å². The first kappa shape index (κ1) is 7.57. The van der Waals surface area contributed by atoms with Gasteiger partial charge in [0.2, 0.25) is 0 Å². The third kappa shape index (κ3) is 1.30.